The van der Waals surface area contributed by atoms with Crippen LogP contribution < -0.4 is 5.73 Å². The molecule has 0 aliphatic rings. The van der Waals surface area contributed by atoms with Gasteiger partial charge in [-0.2, -0.15) is 0 Å². The number of phosphoric ester groups is 1. The predicted molar refractivity (Wildman–Crippen MR) is 171 cm³/mol. The van der Waals surface area contributed by atoms with E-state index in [0.29, 0.717) is 12.8 Å². The van der Waals surface area contributed by atoms with Crippen LogP contribution in [-0.2, 0) is 37.5 Å². The fraction of sp³-hybridized carbons (Fsp3) is 0.844. The van der Waals surface area contributed by atoms with Crippen LogP contribution in [0.15, 0.2) is 12.2 Å². The van der Waals surface area contributed by atoms with Crippen molar-refractivity contribution in [1.82, 2.24) is 0 Å². The van der Waals surface area contributed by atoms with Crippen molar-refractivity contribution in [1.29, 1.82) is 0 Å². The lowest BCUT2D eigenvalue weighted by atomic mass is 10.1. The minimum atomic E-state index is -4.70. The van der Waals surface area contributed by atoms with Gasteiger partial charge in [-0.25, -0.2) is 4.57 Å². The molecule has 44 heavy (non-hydrogen) atoms. The Labute approximate surface area is 265 Å². The standard InChI is InChI=1S/C32H60NO10P/c1-3-5-7-9-11-12-13-14-15-16-18-20-22-24-31(35)43-28(26-41-44(38,39)42-27-29(33)32(36)37)25-40-30(34)23-21-19-17-10-8-6-4-2/h12-13,28-29H,3-11,14-27,33H2,1-2H3,(H,36,37)(H,38,39)/b13-12+/t28-,29-/m0/s1. The number of carboxylic acid groups (broad SMARTS) is 1. The number of aliphatic carboxylic acids is 1. The molecule has 0 bridgehead atoms. The molecule has 4 N–H and O–H groups in total. The lowest BCUT2D eigenvalue weighted by Crippen LogP contribution is -2.34. The molecule has 0 heterocycles. The van der Waals surface area contributed by atoms with E-state index >= 15 is 0 Å². The highest BCUT2D eigenvalue weighted by molar-refractivity contribution is 7.47. The van der Waals surface area contributed by atoms with Crippen LogP contribution in [0.25, 0.3) is 0 Å². The molecule has 12 heteroatoms. The van der Waals surface area contributed by atoms with Crippen molar-refractivity contribution in [3.63, 3.8) is 0 Å². The number of carbonyl (C=O) groups is 3. The largest absolute Gasteiger partial charge is 0.480 e. The van der Waals surface area contributed by atoms with E-state index in [2.05, 4.69) is 30.5 Å². The third kappa shape index (κ3) is 27.7. The average molecular weight is 650 g/mol. The van der Waals surface area contributed by atoms with Gasteiger partial charge in [0.15, 0.2) is 6.10 Å². The molecule has 0 aromatic heterocycles. The van der Waals surface area contributed by atoms with Crippen LogP contribution >= 0.6 is 7.82 Å². The molecule has 0 radical (unpaired) electrons. The molecule has 0 aliphatic heterocycles. The molecule has 0 aromatic rings. The Kier molecular flexibility index (Phi) is 27.5. The van der Waals surface area contributed by atoms with Crippen LogP contribution in [0.4, 0.5) is 0 Å². The Morgan fingerprint density at radius 1 is 0.682 bits per heavy atom. The molecule has 3 atom stereocenters. The minimum Gasteiger partial charge on any atom is -0.480 e. The van der Waals surface area contributed by atoms with Gasteiger partial charge in [0.2, 0.25) is 0 Å². The van der Waals surface area contributed by atoms with Gasteiger partial charge in [-0.05, 0) is 38.5 Å². The Hall–Kier alpha value is -1.78. The fourth-order valence-electron chi connectivity index (χ4n) is 4.29. The van der Waals surface area contributed by atoms with Crippen LogP contribution in [0.3, 0.4) is 0 Å². The SMILES string of the molecule is CCCCCC/C=C/CCCCCCCC(=O)O[C@@H](COC(=O)CCCCCCCCC)COP(=O)(O)OC[C@H](N)C(=O)O. The molecule has 0 saturated heterocycles. The molecular weight excluding hydrogens is 589 g/mol. The van der Waals surface area contributed by atoms with E-state index in [1.807, 2.05) is 0 Å². The number of rotatable bonds is 31. The highest BCUT2D eigenvalue weighted by atomic mass is 31.2. The fourth-order valence-corrected chi connectivity index (χ4v) is 5.07. The van der Waals surface area contributed by atoms with Crippen molar-refractivity contribution in [3.05, 3.63) is 12.2 Å². The number of unbranched alkanes of at least 4 members (excludes halogenated alkanes) is 15. The molecule has 1 unspecified atom stereocenters. The average Bonchev–Trinajstić information content (AvgIpc) is 2.99. The number of hydrogen-bond acceptors (Lipinski definition) is 9. The van der Waals surface area contributed by atoms with Crippen LogP contribution in [0, 0.1) is 0 Å². The summed E-state index contributed by atoms with van der Waals surface area (Å²) in [6, 6.07) is -1.52. The van der Waals surface area contributed by atoms with Crippen molar-refractivity contribution in [2.24, 2.45) is 5.73 Å². The Morgan fingerprint density at radius 2 is 1.14 bits per heavy atom. The van der Waals surface area contributed by atoms with Crippen molar-refractivity contribution in [2.45, 2.75) is 154 Å². The van der Waals surface area contributed by atoms with Gasteiger partial charge >= 0.3 is 25.7 Å². The number of phosphoric acid groups is 1. The zero-order valence-corrected chi connectivity index (χ0v) is 28.2. The number of hydrogen-bond donors (Lipinski definition) is 3. The lowest BCUT2D eigenvalue weighted by molar-refractivity contribution is -0.161. The summed E-state index contributed by atoms with van der Waals surface area (Å²) in [6.45, 7) is 2.69. The van der Waals surface area contributed by atoms with E-state index in [1.165, 1.54) is 44.9 Å². The quantitative estimate of drug-likeness (QED) is 0.0296. The zero-order chi connectivity index (χ0) is 32.9. The second-order valence-corrected chi connectivity index (χ2v) is 12.8. The second kappa shape index (κ2) is 28.7. The summed E-state index contributed by atoms with van der Waals surface area (Å²) in [5.74, 6) is -2.40. The maximum absolute atomic E-state index is 12.5. The van der Waals surface area contributed by atoms with E-state index in [1.54, 1.807) is 0 Å². The highest BCUT2D eigenvalue weighted by Gasteiger charge is 2.28. The van der Waals surface area contributed by atoms with Crippen molar-refractivity contribution < 1.29 is 47.5 Å². The highest BCUT2D eigenvalue weighted by Crippen LogP contribution is 2.43. The number of carboxylic acids is 1. The number of carbonyl (C=O) groups excluding carboxylic acids is 2. The van der Waals surface area contributed by atoms with E-state index < -0.39 is 51.1 Å². The summed E-state index contributed by atoms with van der Waals surface area (Å²) in [5, 5.41) is 8.81. The summed E-state index contributed by atoms with van der Waals surface area (Å²) in [4.78, 5) is 45.4. The van der Waals surface area contributed by atoms with Crippen LogP contribution in [0.2, 0.25) is 0 Å². The van der Waals surface area contributed by atoms with Gasteiger partial charge in [-0.1, -0.05) is 103 Å². The summed E-state index contributed by atoms with van der Waals surface area (Å²) in [7, 11) is -4.70. The third-order valence-corrected chi connectivity index (χ3v) is 7.96. The van der Waals surface area contributed by atoms with Crippen molar-refractivity contribution >= 4 is 25.7 Å². The van der Waals surface area contributed by atoms with Gasteiger partial charge in [0.25, 0.3) is 0 Å². The first kappa shape index (κ1) is 42.2. The first-order chi connectivity index (χ1) is 21.1. The maximum atomic E-state index is 12.5. The smallest absolute Gasteiger partial charge is 0.472 e. The summed E-state index contributed by atoms with van der Waals surface area (Å²) < 4.78 is 32.3. The number of esters is 2. The monoisotopic (exact) mass is 649 g/mol. The van der Waals surface area contributed by atoms with Gasteiger partial charge in [0, 0.05) is 12.8 Å². The molecule has 0 amide bonds. The molecule has 0 fully saturated rings. The molecule has 0 saturated carbocycles. The molecule has 11 nitrogen and oxygen atoms in total. The molecule has 0 aromatic carbocycles. The molecule has 0 aliphatic carbocycles. The van der Waals surface area contributed by atoms with Gasteiger partial charge in [-0.15, -0.1) is 0 Å². The van der Waals surface area contributed by atoms with Gasteiger partial charge in [-0.3, -0.25) is 23.4 Å². The number of ether oxygens (including phenoxy) is 2. The summed E-state index contributed by atoms with van der Waals surface area (Å²) >= 11 is 0. The first-order valence-electron chi connectivity index (χ1n) is 16.7. The minimum absolute atomic E-state index is 0.154. The second-order valence-electron chi connectivity index (χ2n) is 11.3. The molecule has 0 rings (SSSR count). The first-order valence-corrected chi connectivity index (χ1v) is 18.2. The lowest BCUT2D eigenvalue weighted by Gasteiger charge is -2.20. The Morgan fingerprint density at radius 3 is 1.68 bits per heavy atom. The van der Waals surface area contributed by atoms with E-state index in [0.717, 1.165) is 57.8 Å². The topological polar surface area (TPSA) is 172 Å². The van der Waals surface area contributed by atoms with Crippen LogP contribution in [0.1, 0.15) is 142 Å². The number of allylic oxidation sites excluding steroid dienone is 2. The van der Waals surface area contributed by atoms with Gasteiger partial charge in [0.1, 0.15) is 12.6 Å². The predicted octanol–water partition coefficient (Wildman–Crippen LogP) is 7.38. The molecule has 0 spiro atoms. The van der Waals surface area contributed by atoms with E-state index in [-0.39, 0.29) is 19.4 Å². The zero-order valence-electron chi connectivity index (χ0n) is 27.3. The van der Waals surface area contributed by atoms with Crippen LogP contribution in [-0.4, -0.2) is 59.9 Å². The van der Waals surface area contributed by atoms with Crippen molar-refractivity contribution in [3.8, 4) is 0 Å². The molecule has 258 valence electrons. The molecular formula is C32H60NO10P. The van der Waals surface area contributed by atoms with E-state index in [4.69, 9.17) is 24.8 Å². The van der Waals surface area contributed by atoms with Crippen molar-refractivity contribution in [2.75, 3.05) is 19.8 Å². The van der Waals surface area contributed by atoms with Crippen LogP contribution in [0.5, 0.6) is 0 Å². The Bertz CT molecular complexity index is 823. The summed E-state index contributed by atoms with van der Waals surface area (Å²) in [6.07, 6.45) is 23.1. The third-order valence-electron chi connectivity index (χ3n) is 7.01. The Balaban J connectivity index is 4.50. The number of nitrogens with two attached hydrogens (primary N) is 1. The normalized spacial score (nSPS) is 14.3. The van der Waals surface area contributed by atoms with Gasteiger partial charge in [0.05, 0.1) is 13.2 Å². The van der Waals surface area contributed by atoms with Gasteiger partial charge < -0.3 is 25.2 Å². The summed E-state index contributed by atoms with van der Waals surface area (Å²) in [5.41, 5.74) is 5.29. The van der Waals surface area contributed by atoms with E-state index in [9.17, 15) is 23.8 Å². The maximum Gasteiger partial charge on any atom is 0.472 e.